The van der Waals surface area contributed by atoms with E-state index in [0.717, 1.165) is 5.56 Å². The summed E-state index contributed by atoms with van der Waals surface area (Å²) in [5.74, 6) is 0. The van der Waals surface area contributed by atoms with E-state index in [4.69, 9.17) is 0 Å². The van der Waals surface area contributed by atoms with Crippen LogP contribution in [0, 0.1) is 0 Å². The number of nitrogens with zero attached hydrogens (tertiary/aromatic N) is 1. The van der Waals surface area contributed by atoms with Gasteiger partial charge in [0.1, 0.15) is 0 Å². The van der Waals surface area contributed by atoms with Gasteiger partial charge in [-0.25, -0.2) is 0 Å². The first-order valence-electron chi connectivity index (χ1n) is 4.66. The molecular formula is C10H13F3N2. The largest absolute Gasteiger partial charge is 0.390 e. The van der Waals surface area contributed by atoms with Crippen molar-refractivity contribution in [1.29, 1.82) is 0 Å². The minimum atomic E-state index is -4.11. The van der Waals surface area contributed by atoms with E-state index in [9.17, 15) is 13.2 Å². The van der Waals surface area contributed by atoms with Crippen LogP contribution in [0.15, 0.2) is 24.5 Å². The van der Waals surface area contributed by atoms with E-state index >= 15 is 0 Å². The van der Waals surface area contributed by atoms with Crippen LogP contribution >= 0.6 is 0 Å². The Morgan fingerprint density at radius 2 is 1.93 bits per heavy atom. The fourth-order valence-corrected chi connectivity index (χ4v) is 1.21. The number of halogens is 3. The van der Waals surface area contributed by atoms with E-state index in [1.165, 1.54) is 6.92 Å². The van der Waals surface area contributed by atoms with Gasteiger partial charge >= 0.3 is 6.18 Å². The SMILES string of the molecule is CC(CC(F)(F)F)NCc1ccncc1. The van der Waals surface area contributed by atoms with Gasteiger partial charge in [-0.15, -0.1) is 0 Å². The van der Waals surface area contributed by atoms with Crippen molar-refractivity contribution < 1.29 is 13.2 Å². The molecular weight excluding hydrogens is 205 g/mol. The lowest BCUT2D eigenvalue weighted by molar-refractivity contribution is -0.139. The molecule has 0 bridgehead atoms. The Kier molecular flexibility index (Phi) is 4.08. The molecule has 1 aromatic rings. The Morgan fingerprint density at radius 3 is 2.47 bits per heavy atom. The Hall–Kier alpha value is -1.10. The minimum absolute atomic E-state index is 0.430. The molecule has 1 N–H and O–H groups in total. The molecule has 0 aromatic carbocycles. The zero-order valence-electron chi connectivity index (χ0n) is 8.38. The summed E-state index contributed by atoms with van der Waals surface area (Å²) in [4.78, 5) is 3.82. The summed E-state index contributed by atoms with van der Waals surface area (Å²) < 4.78 is 35.9. The zero-order valence-corrected chi connectivity index (χ0v) is 8.38. The molecule has 0 spiro atoms. The van der Waals surface area contributed by atoms with Gasteiger partial charge in [-0.1, -0.05) is 0 Å². The van der Waals surface area contributed by atoms with Gasteiger partial charge in [0.05, 0.1) is 6.42 Å². The summed E-state index contributed by atoms with van der Waals surface area (Å²) >= 11 is 0. The molecule has 84 valence electrons. The molecule has 0 aliphatic rings. The number of nitrogens with one attached hydrogen (secondary N) is 1. The fourth-order valence-electron chi connectivity index (χ4n) is 1.21. The van der Waals surface area contributed by atoms with Gasteiger partial charge < -0.3 is 5.32 Å². The summed E-state index contributed by atoms with van der Waals surface area (Å²) in [7, 11) is 0. The number of alkyl halides is 3. The second-order valence-corrected chi connectivity index (χ2v) is 3.46. The lowest BCUT2D eigenvalue weighted by Gasteiger charge is -2.15. The third kappa shape index (κ3) is 5.37. The van der Waals surface area contributed by atoms with Gasteiger partial charge in [-0.3, -0.25) is 4.98 Å². The molecule has 0 aliphatic heterocycles. The number of hydrogen-bond acceptors (Lipinski definition) is 2. The van der Waals surface area contributed by atoms with Crippen molar-refractivity contribution in [1.82, 2.24) is 10.3 Å². The average molecular weight is 218 g/mol. The Morgan fingerprint density at radius 1 is 1.33 bits per heavy atom. The quantitative estimate of drug-likeness (QED) is 0.839. The third-order valence-corrected chi connectivity index (χ3v) is 1.94. The lowest BCUT2D eigenvalue weighted by Crippen LogP contribution is -2.30. The highest BCUT2D eigenvalue weighted by molar-refractivity contribution is 5.09. The average Bonchev–Trinajstić information content (AvgIpc) is 2.14. The van der Waals surface area contributed by atoms with Crippen molar-refractivity contribution in [3.63, 3.8) is 0 Å². The summed E-state index contributed by atoms with van der Waals surface area (Å²) in [6.45, 7) is 1.95. The van der Waals surface area contributed by atoms with Gasteiger partial charge in [0.25, 0.3) is 0 Å². The molecule has 0 aliphatic carbocycles. The van der Waals surface area contributed by atoms with Gasteiger partial charge in [-0.05, 0) is 24.6 Å². The van der Waals surface area contributed by atoms with E-state index in [1.54, 1.807) is 24.5 Å². The number of rotatable bonds is 4. The van der Waals surface area contributed by atoms with Crippen molar-refractivity contribution >= 4 is 0 Å². The van der Waals surface area contributed by atoms with Crippen molar-refractivity contribution in [3.8, 4) is 0 Å². The van der Waals surface area contributed by atoms with E-state index in [1.807, 2.05) is 0 Å². The van der Waals surface area contributed by atoms with Gasteiger partial charge in [-0.2, -0.15) is 13.2 Å². The molecule has 15 heavy (non-hydrogen) atoms. The van der Waals surface area contributed by atoms with E-state index < -0.39 is 18.6 Å². The number of aromatic nitrogens is 1. The van der Waals surface area contributed by atoms with Crippen LogP contribution in [0.25, 0.3) is 0 Å². The maximum atomic E-state index is 12.0. The summed E-state index contributed by atoms with van der Waals surface area (Å²) in [6, 6.07) is 2.97. The Bertz CT molecular complexity index is 284. The van der Waals surface area contributed by atoms with Crippen LogP contribution in [-0.2, 0) is 6.54 Å². The highest BCUT2D eigenvalue weighted by Gasteiger charge is 2.29. The first-order valence-corrected chi connectivity index (χ1v) is 4.66. The van der Waals surface area contributed by atoms with Crippen LogP contribution in [0.4, 0.5) is 13.2 Å². The van der Waals surface area contributed by atoms with E-state index in [-0.39, 0.29) is 0 Å². The summed E-state index contributed by atoms with van der Waals surface area (Å²) in [6.07, 6.45) is -1.68. The maximum absolute atomic E-state index is 12.0. The van der Waals surface area contributed by atoms with Gasteiger partial charge in [0.2, 0.25) is 0 Å². The van der Waals surface area contributed by atoms with Crippen LogP contribution < -0.4 is 5.32 Å². The second-order valence-electron chi connectivity index (χ2n) is 3.46. The fraction of sp³-hybridized carbons (Fsp3) is 0.500. The zero-order chi connectivity index (χ0) is 11.3. The first kappa shape index (κ1) is 12.0. The highest BCUT2D eigenvalue weighted by atomic mass is 19.4. The molecule has 1 aromatic heterocycles. The molecule has 1 rings (SSSR count). The molecule has 5 heteroatoms. The molecule has 0 fully saturated rings. The number of hydrogen-bond donors (Lipinski definition) is 1. The Balaban J connectivity index is 2.32. The molecule has 0 saturated carbocycles. The number of pyridine rings is 1. The third-order valence-electron chi connectivity index (χ3n) is 1.94. The van der Waals surface area contributed by atoms with Gasteiger partial charge in [0.15, 0.2) is 0 Å². The first-order chi connectivity index (χ1) is 6.97. The molecule has 2 nitrogen and oxygen atoms in total. The highest BCUT2D eigenvalue weighted by Crippen LogP contribution is 2.21. The lowest BCUT2D eigenvalue weighted by atomic mass is 10.2. The summed E-state index contributed by atoms with van der Waals surface area (Å²) in [5, 5.41) is 2.81. The predicted molar refractivity (Wildman–Crippen MR) is 51.2 cm³/mol. The summed E-state index contributed by atoms with van der Waals surface area (Å²) in [5.41, 5.74) is 0.930. The standard InChI is InChI=1S/C10H13F3N2/c1-8(6-10(11,12)13)15-7-9-2-4-14-5-3-9/h2-5,8,15H,6-7H2,1H3. The Labute approximate surface area is 86.5 Å². The monoisotopic (exact) mass is 218 g/mol. The van der Waals surface area contributed by atoms with E-state index in [0.29, 0.717) is 6.54 Å². The smallest absolute Gasteiger partial charge is 0.310 e. The van der Waals surface area contributed by atoms with Crippen LogP contribution in [0.3, 0.4) is 0 Å². The van der Waals surface area contributed by atoms with Crippen LogP contribution in [0.2, 0.25) is 0 Å². The molecule has 1 atom stereocenters. The second kappa shape index (κ2) is 5.11. The van der Waals surface area contributed by atoms with Crippen molar-refractivity contribution in [2.45, 2.75) is 32.1 Å². The van der Waals surface area contributed by atoms with Crippen molar-refractivity contribution in [3.05, 3.63) is 30.1 Å². The molecule has 0 radical (unpaired) electrons. The molecule has 0 amide bonds. The van der Waals surface area contributed by atoms with E-state index in [2.05, 4.69) is 10.3 Å². The van der Waals surface area contributed by atoms with Crippen LogP contribution in [0.5, 0.6) is 0 Å². The van der Waals surface area contributed by atoms with Gasteiger partial charge in [0, 0.05) is 25.0 Å². The predicted octanol–water partition coefficient (Wildman–Crippen LogP) is 2.51. The minimum Gasteiger partial charge on any atom is -0.310 e. The molecule has 1 unspecified atom stereocenters. The normalized spacial score (nSPS) is 13.9. The van der Waals surface area contributed by atoms with Crippen molar-refractivity contribution in [2.24, 2.45) is 0 Å². The molecule has 1 heterocycles. The van der Waals surface area contributed by atoms with Crippen molar-refractivity contribution in [2.75, 3.05) is 0 Å². The maximum Gasteiger partial charge on any atom is 0.390 e. The van der Waals surface area contributed by atoms with Crippen LogP contribution in [0.1, 0.15) is 18.9 Å². The van der Waals surface area contributed by atoms with Crippen LogP contribution in [-0.4, -0.2) is 17.2 Å². The topological polar surface area (TPSA) is 24.9 Å². The molecule has 0 saturated heterocycles.